The molecule has 0 aliphatic carbocycles. The van der Waals surface area contributed by atoms with E-state index in [1.54, 1.807) is 6.07 Å². The Morgan fingerprint density at radius 2 is 2.10 bits per heavy atom. The van der Waals surface area contributed by atoms with Crippen molar-refractivity contribution < 1.29 is 9.90 Å². The average molecular weight is 285 g/mol. The first kappa shape index (κ1) is 12.8. The van der Waals surface area contributed by atoms with Gasteiger partial charge in [0.1, 0.15) is 11.3 Å². The second-order valence-corrected chi connectivity index (χ2v) is 6.21. The highest BCUT2D eigenvalue weighted by Gasteiger charge is 2.36. The summed E-state index contributed by atoms with van der Waals surface area (Å²) in [5, 5.41) is 9.34. The fraction of sp³-hybridized carbons (Fsp3) is 0.500. The Hall–Kier alpha value is -1.88. The lowest BCUT2D eigenvalue weighted by molar-refractivity contribution is 0.0579. The quantitative estimate of drug-likeness (QED) is 0.920. The number of fused-ring (bicyclic) bond motifs is 4. The van der Waals surface area contributed by atoms with Crippen molar-refractivity contribution in [2.24, 2.45) is 5.92 Å². The Kier molecular flexibility index (Phi) is 2.79. The van der Waals surface area contributed by atoms with Crippen molar-refractivity contribution >= 4 is 17.0 Å². The maximum Gasteiger partial charge on any atom is 0.337 e. The first-order chi connectivity index (χ1) is 10.1. The van der Waals surface area contributed by atoms with Gasteiger partial charge in [-0.2, -0.15) is 0 Å². The molecule has 5 heteroatoms. The Balaban J connectivity index is 1.87. The number of carboxylic acid groups (broad SMARTS) is 1. The Labute approximate surface area is 123 Å². The second kappa shape index (κ2) is 4.56. The summed E-state index contributed by atoms with van der Waals surface area (Å²) in [6.45, 7) is 5.46. The third-order valence-corrected chi connectivity index (χ3v) is 5.08. The molecule has 0 saturated carbocycles. The molecule has 5 rings (SSSR count). The van der Waals surface area contributed by atoms with E-state index in [2.05, 4.69) is 14.5 Å². The summed E-state index contributed by atoms with van der Waals surface area (Å²) < 4.78 is 2.28. The SMILES string of the molecule is Cc1nc2c(C(=O)O)cccc2n1C1CN2CCC1CC2. The third-order valence-electron chi connectivity index (χ3n) is 5.08. The fourth-order valence-electron chi connectivity index (χ4n) is 4.05. The number of carboxylic acids is 1. The lowest BCUT2D eigenvalue weighted by Gasteiger charge is -2.45. The summed E-state index contributed by atoms with van der Waals surface area (Å²) in [6.07, 6.45) is 2.48. The van der Waals surface area contributed by atoms with E-state index in [9.17, 15) is 9.90 Å². The zero-order valence-corrected chi connectivity index (χ0v) is 12.1. The van der Waals surface area contributed by atoms with Gasteiger partial charge in [-0.3, -0.25) is 0 Å². The van der Waals surface area contributed by atoms with Gasteiger partial charge in [0, 0.05) is 6.54 Å². The minimum absolute atomic E-state index is 0.302. The first-order valence-electron chi connectivity index (χ1n) is 7.58. The van der Waals surface area contributed by atoms with Gasteiger partial charge in [0.2, 0.25) is 0 Å². The topological polar surface area (TPSA) is 58.4 Å². The van der Waals surface area contributed by atoms with Crippen LogP contribution in [-0.4, -0.2) is 45.2 Å². The van der Waals surface area contributed by atoms with Gasteiger partial charge in [-0.1, -0.05) is 6.07 Å². The zero-order chi connectivity index (χ0) is 14.6. The molecule has 0 spiro atoms. The van der Waals surface area contributed by atoms with Crippen LogP contribution in [0.5, 0.6) is 0 Å². The number of aryl methyl sites for hydroxylation is 1. The van der Waals surface area contributed by atoms with Crippen molar-refractivity contribution in [1.29, 1.82) is 0 Å². The van der Waals surface area contributed by atoms with Gasteiger partial charge in [-0.15, -0.1) is 0 Å². The molecular formula is C16H19N3O2. The van der Waals surface area contributed by atoms with Gasteiger partial charge in [0.25, 0.3) is 0 Å². The van der Waals surface area contributed by atoms with Crippen LogP contribution in [0.1, 0.15) is 35.1 Å². The second-order valence-electron chi connectivity index (χ2n) is 6.21. The summed E-state index contributed by atoms with van der Waals surface area (Å²) in [5.41, 5.74) is 1.89. The minimum atomic E-state index is -0.904. The number of rotatable bonds is 2. The number of aromatic carboxylic acids is 1. The molecule has 1 atom stereocenters. The summed E-state index contributed by atoms with van der Waals surface area (Å²) in [4.78, 5) is 18.4. The van der Waals surface area contributed by atoms with Gasteiger partial charge in [0.15, 0.2) is 0 Å². The molecule has 110 valence electrons. The van der Waals surface area contributed by atoms with E-state index < -0.39 is 5.97 Å². The largest absolute Gasteiger partial charge is 0.478 e. The van der Waals surface area contributed by atoms with Crippen LogP contribution in [0.4, 0.5) is 0 Å². The first-order valence-corrected chi connectivity index (χ1v) is 7.58. The van der Waals surface area contributed by atoms with Crippen molar-refractivity contribution in [3.63, 3.8) is 0 Å². The van der Waals surface area contributed by atoms with Gasteiger partial charge >= 0.3 is 5.97 Å². The number of carbonyl (C=O) groups is 1. The highest BCUT2D eigenvalue weighted by Crippen LogP contribution is 2.38. The van der Waals surface area contributed by atoms with E-state index in [1.165, 1.54) is 25.9 Å². The highest BCUT2D eigenvalue weighted by atomic mass is 16.4. The van der Waals surface area contributed by atoms with Gasteiger partial charge in [-0.05, 0) is 50.9 Å². The number of aromatic nitrogens is 2. The Bertz CT molecular complexity index is 714. The molecule has 21 heavy (non-hydrogen) atoms. The number of nitrogens with zero attached hydrogens (tertiary/aromatic N) is 3. The summed E-state index contributed by atoms with van der Waals surface area (Å²) in [6, 6.07) is 5.89. The van der Waals surface area contributed by atoms with Gasteiger partial charge in [0.05, 0.1) is 17.1 Å². The third kappa shape index (κ3) is 1.87. The lowest BCUT2D eigenvalue weighted by atomic mass is 9.83. The van der Waals surface area contributed by atoms with Crippen molar-refractivity contribution in [3.05, 3.63) is 29.6 Å². The van der Waals surface area contributed by atoms with E-state index in [-0.39, 0.29) is 0 Å². The fourth-order valence-corrected chi connectivity index (χ4v) is 4.05. The highest BCUT2D eigenvalue weighted by molar-refractivity contribution is 6.01. The molecule has 1 unspecified atom stereocenters. The summed E-state index contributed by atoms with van der Waals surface area (Å²) in [7, 11) is 0. The van der Waals surface area contributed by atoms with Crippen molar-refractivity contribution in [2.75, 3.05) is 19.6 Å². The number of hydrogen-bond acceptors (Lipinski definition) is 3. The molecular weight excluding hydrogens is 266 g/mol. The molecule has 3 aliphatic heterocycles. The molecule has 1 aromatic heterocycles. The number of piperidine rings is 3. The van der Waals surface area contributed by atoms with Crippen LogP contribution in [-0.2, 0) is 0 Å². The molecule has 0 radical (unpaired) electrons. The molecule has 0 amide bonds. The van der Waals surface area contributed by atoms with Crippen LogP contribution in [0.2, 0.25) is 0 Å². The van der Waals surface area contributed by atoms with Crippen LogP contribution < -0.4 is 0 Å². The lowest BCUT2D eigenvalue weighted by Crippen LogP contribution is -2.48. The molecule has 2 bridgehead atoms. The average Bonchev–Trinajstić information content (AvgIpc) is 2.83. The van der Waals surface area contributed by atoms with Crippen molar-refractivity contribution in [1.82, 2.24) is 14.5 Å². The molecule has 2 aromatic rings. The number of imidazole rings is 1. The van der Waals surface area contributed by atoms with Gasteiger partial charge in [-0.25, -0.2) is 9.78 Å². The molecule has 3 saturated heterocycles. The maximum absolute atomic E-state index is 11.4. The van der Waals surface area contributed by atoms with Crippen LogP contribution in [0.3, 0.4) is 0 Å². The van der Waals surface area contributed by atoms with Crippen LogP contribution in [0.15, 0.2) is 18.2 Å². The number of benzene rings is 1. The van der Waals surface area contributed by atoms with E-state index in [0.29, 0.717) is 23.0 Å². The molecule has 1 N–H and O–H groups in total. The molecule has 1 aromatic carbocycles. The number of hydrogen-bond donors (Lipinski definition) is 1. The summed E-state index contributed by atoms with van der Waals surface area (Å²) in [5.74, 6) is 0.719. The monoisotopic (exact) mass is 285 g/mol. The van der Waals surface area contributed by atoms with Crippen LogP contribution >= 0.6 is 0 Å². The Morgan fingerprint density at radius 3 is 2.71 bits per heavy atom. The molecule has 5 nitrogen and oxygen atoms in total. The van der Waals surface area contributed by atoms with Crippen molar-refractivity contribution in [2.45, 2.75) is 25.8 Å². The maximum atomic E-state index is 11.4. The molecule has 3 fully saturated rings. The summed E-state index contributed by atoms with van der Waals surface area (Å²) >= 11 is 0. The van der Waals surface area contributed by atoms with E-state index in [4.69, 9.17) is 0 Å². The predicted octanol–water partition coefficient (Wildman–Crippen LogP) is 2.31. The molecule has 3 aliphatic rings. The van der Waals surface area contributed by atoms with E-state index in [0.717, 1.165) is 17.9 Å². The minimum Gasteiger partial charge on any atom is -0.478 e. The van der Waals surface area contributed by atoms with Crippen molar-refractivity contribution in [3.8, 4) is 0 Å². The predicted molar refractivity (Wildman–Crippen MR) is 79.6 cm³/mol. The molecule has 4 heterocycles. The number of para-hydroxylation sites is 1. The zero-order valence-electron chi connectivity index (χ0n) is 12.1. The van der Waals surface area contributed by atoms with Gasteiger partial charge < -0.3 is 14.6 Å². The van der Waals surface area contributed by atoms with Crippen LogP contribution in [0, 0.1) is 12.8 Å². The smallest absolute Gasteiger partial charge is 0.337 e. The Morgan fingerprint density at radius 1 is 1.33 bits per heavy atom. The van der Waals surface area contributed by atoms with E-state index in [1.807, 2.05) is 19.1 Å². The standard InChI is InChI=1S/C16H19N3O2/c1-10-17-15-12(16(20)21)3-2-4-13(15)19(10)14-9-18-7-5-11(14)6-8-18/h2-4,11,14H,5-9H2,1H3,(H,20,21). The van der Waals surface area contributed by atoms with Crippen LogP contribution in [0.25, 0.3) is 11.0 Å². The van der Waals surface area contributed by atoms with E-state index >= 15 is 0 Å². The normalized spacial score (nSPS) is 28.1.